The summed E-state index contributed by atoms with van der Waals surface area (Å²) in [5.74, 6) is -0.763. The number of hydrogen-bond acceptors (Lipinski definition) is 5. The number of anilines is 1. The lowest BCUT2D eigenvalue weighted by Gasteiger charge is -2.12. The van der Waals surface area contributed by atoms with Gasteiger partial charge in [0.05, 0.1) is 4.91 Å². The number of nitrogens with zero attached hydrogens (tertiary/aromatic N) is 1. The van der Waals surface area contributed by atoms with Gasteiger partial charge in [-0.25, -0.2) is 4.39 Å². The maximum absolute atomic E-state index is 13.7. The monoisotopic (exact) mass is 476 g/mol. The van der Waals surface area contributed by atoms with E-state index in [1.54, 1.807) is 60.7 Å². The van der Waals surface area contributed by atoms with E-state index in [4.69, 9.17) is 4.74 Å². The Hall–Kier alpha value is -3.91. The number of carbonyl (C=O) groups is 3. The fraction of sp³-hybridized carbons (Fsp3) is 0.115. The van der Waals surface area contributed by atoms with E-state index in [0.717, 1.165) is 22.2 Å². The summed E-state index contributed by atoms with van der Waals surface area (Å²) in [5, 5.41) is 2.18. The van der Waals surface area contributed by atoms with Crippen LogP contribution in [0.2, 0.25) is 0 Å². The second-order valence-electron chi connectivity index (χ2n) is 7.63. The number of carbonyl (C=O) groups excluding carboxylic acids is 3. The molecule has 0 aliphatic carbocycles. The van der Waals surface area contributed by atoms with Gasteiger partial charge in [-0.05, 0) is 60.7 Å². The number of nitrogens with one attached hydrogen (secondary N) is 1. The highest BCUT2D eigenvalue weighted by Gasteiger charge is 2.36. The molecule has 1 saturated heterocycles. The third-order valence-electron chi connectivity index (χ3n) is 5.04. The van der Waals surface area contributed by atoms with E-state index >= 15 is 0 Å². The summed E-state index contributed by atoms with van der Waals surface area (Å²) in [4.78, 5) is 38.5. The predicted octanol–water partition coefficient (Wildman–Crippen LogP) is 5.39. The van der Waals surface area contributed by atoms with Crippen molar-refractivity contribution in [3.8, 4) is 5.75 Å². The van der Waals surface area contributed by atoms with E-state index in [-0.39, 0.29) is 23.9 Å². The molecule has 3 amide bonds. The molecule has 172 valence electrons. The van der Waals surface area contributed by atoms with Crippen molar-refractivity contribution in [2.24, 2.45) is 0 Å². The van der Waals surface area contributed by atoms with Crippen LogP contribution in [0.5, 0.6) is 5.75 Å². The van der Waals surface area contributed by atoms with Crippen LogP contribution >= 0.6 is 11.8 Å². The van der Waals surface area contributed by atoms with Crippen LogP contribution in [0.15, 0.2) is 77.7 Å². The van der Waals surface area contributed by atoms with Gasteiger partial charge in [0.2, 0.25) is 5.91 Å². The number of imide groups is 1. The molecule has 1 fully saturated rings. The highest BCUT2D eigenvalue weighted by Crippen LogP contribution is 2.32. The van der Waals surface area contributed by atoms with E-state index in [9.17, 15) is 18.8 Å². The molecule has 1 aliphatic heterocycles. The average molecular weight is 477 g/mol. The number of thioether (sulfide) groups is 1. The maximum atomic E-state index is 13.7. The van der Waals surface area contributed by atoms with E-state index in [1.807, 2.05) is 19.1 Å². The molecular weight excluding hydrogens is 455 g/mol. The molecule has 0 saturated carbocycles. The summed E-state index contributed by atoms with van der Waals surface area (Å²) in [6, 6.07) is 20.5. The van der Waals surface area contributed by atoms with Crippen molar-refractivity contribution < 1.29 is 23.5 Å². The fourth-order valence-electron chi connectivity index (χ4n) is 3.21. The minimum atomic E-state index is -0.520. The van der Waals surface area contributed by atoms with Crippen LogP contribution in [0, 0.1) is 12.7 Å². The molecule has 3 aromatic carbocycles. The minimum Gasteiger partial charge on any atom is -0.489 e. The first-order chi connectivity index (χ1) is 16.4. The van der Waals surface area contributed by atoms with Crippen LogP contribution in [-0.2, 0) is 16.2 Å². The van der Waals surface area contributed by atoms with Gasteiger partial charge < -0.3 is 10.1 Å². The van der Waals surface area contributed by atoms with Gasteiger partial charge in [0, 0.05) is 11.3 Å². The molecule has 0 atom stereocenters. The van der Waals surface area contributed by atoms with E-state index < -0.39 is 17.1 Å². The summed E-state index contributed by atoms with van der Waals surface area (Å²) < 4.78 is 19.3. The van der Waals surface area contributed by atoms with E-state index in [0.29, 0.717) is 22.6 Å². The standard InChI is InChI=1S/C26H21FN2O4S/c1-17-6-10-20(11-7-17)28-24(30)15-29-25(31)23(34-26(29)32)14-18-8-12-21(13-9-18)33-16-19-4-2-3-5-22(19)27/h2-14H,15-16H2,1H3,(H,28,30). The number of aryl methyl sites for hydroxylation is 1. The number of rotatable bonds is 7. The van der Waals surface area contributed by atoms with Crippen LogP contribution in [0.3, 0.4) is 0 Å². The Balaban J connectivity index is 1.36. The Kier molecular flexibility index (Phi) is 7.08. The Morgan fingerprint density at radius 3 is 2.44 bits per heavy atom. The summed E-state index contributed by atoms with van der Waals surface area (Å²) in [7, 11) is 0. The molecule has 1 N–H and O–H groups in total. The largest absolute Gasteiger partial charge is 0.489 e. The molecular formula is C26H21FN2O4S. The van der Waals surface area contributed by atoms with Crippen molar-refractivity contribution in [2.75, 3.05) is 11.9 Å². The first-order valence-corrected chi connectivity index (χ1v) is 11.3. The molecule has 0 bridgehead atoms. The van der Waals surface area contributed by atoms with E-state index in [2.05, 4.69) is 5.32 Å². The second kappa shape index (κ2) is 10.4. The summed E-state index contributed by atoms with van der Waals surface area (Å²) in [6.45, 7) is 1.67. The van der Waals surface area contributed by atoms with Crippen LogP contribution in [-0.4, -0.2) is 28.5 Å². The Labute approximate surface area is 200 Å². The van der Waals surface area contributed by atoms with Gasteiger partial charge >= 0.3 is 0 Å². The summed E-state index contributed by atoms with van der Waals surface area (Å²) in [5.41, 5.74) is 2.79. The lowest BCUT2D eigenvalue weighted by Crippen LogP contribution is -2.36. The van der Waals surface area contributed by atoms with Gasteiger partial charge in [0.25, 0.3) is 11.1 Å². The zero-order valence-electron chi connectivity index (χ0n) is 18.3. The predicted molar refractivity (Wildman–Crippen MR) is 130 cm³/mol. The summed E-state index contributed by atoms with van der Waals surface area (Å²) >= 11 is 0.786. The van der Waals surface area contributed by atoms with Crippen LogP contribution < -0.4 is 10.1 Å². The number of amides is 3. The Morgan fingerprint density at radius 1 is 1.03 bits per heavy atom. The first kappa shape index (κ1) is 23.3. The van der Waals surface area contributed by atoms with Gasteiger partial charge in [0.1, 0.15) is 24.7 Å². The SMILES string of the molecule is Cc1ccc(NC(=O)CN2C(=O)SC(=Cc3ccc(OCc4ccccc4F)cc3)C2=O)cc1. The topological polar surface area (TPSA) is 75.7 Å². The van der Waals surface area contributed by atoms with Crippen LogP contribution in [0.4, 0.5) is 14.9 Å². The van der Waals surface area contributed by atoms with Crippen molar-refractivity contribution >= 4 is 40.6 Å². The zero-order valence-corrected chi connectivity index (χ0v) is 19.1. The van der Waals surface area contributed by atoms with Gasteiger partial charge in [-0.1, -0.05) is 48.0 Å². The van der Waals surface area contributed by atoms with Crippen molar-refractivity contribution in [1.82, 2.24) is 4.90 Å². The normalized spacial score (nSPS) is 14.5. The quantitative estimate of drug-likeness (QED) is 0.463. The van der Waals surface area contributed by atoms with Crippen molar-refractivity contribution in [3.63, 3.8) is 0 Å². The molecule has 0 aromatic heterocycles. The van der Waals surface area contributed by atoms with Crippen LogP contribution in [0.25, 0.3) is 6.08 Å². The fourth-order valence-corrected chi connectivity index (χ4v) is 4.04. The minimum absolute atomic E-state index is 0.0928. The molecule has 4 rings (SSSR count). The molecule has 3 aromatic rings. The number of hydrogen-bond donors (Lipinski definition) is 1. The lowest BCUT2D eigenvalue weighted by molar-refractivity contribution is -0.127. The maximum Gasteiger partial charge on any atom is 0.294 e. The van der Waals surface area contributed by atoms with Gasteiger partial charge in [-0.2, -0.15) is 0 Å². The van der Waals surface area contributed by atoms with Crippen molar-refractivity contribution in [1.29, 1.82) is 0 Å². The van der Waals surface area contributed by atoms with Crippen molar-refractivity contribution in [3.05, 3.63) is 100 Å². The van der Waals surface area contributed by atoms with Gasteiger partial charge in [-0.15, -0.1) is 0 Å². The first-order valence-electron chi connectivity index (χ1n) is 10.5. The molecule has 1 heterocycles. The number of ether oxygens (including phenoxy) is 1. The Morgan fingerprint density at radius 2 is 1.74 bits per heavy atom. The second-order valence-corrected chi connectivity index (χ2v) is 8.62. The molecule has 0 spiro atoms. The third kappa shape index (κ3) is 5.71. The smallest absolute Gasteiger partial charge is 0.294 e. The lowest BCUT2D eigenvalue weighted by atomic mass is 10.2. The average Bonchev–Trinajstić information content (AvgIpc) is 3.08. The third-order valence-corrected chi connectivity index (χ3v) is 5.95. The number of benzene rings is 3. The summed E-state index contributed by atoms with van der Waals surface area (Å²) in [6.07, 6.45) is 1.59. The molecule has 34 heavy (non-hydrogen) atoms. The number of halogens is 1. The van der Waals surface area contributed by atoms with Gasteiger partial charge in [0.15, 0.2) is 0 Å². The molecule has 6 nitrogen and oxygen atoms in total. The van der Waals surface area contributed by atoms with Crippen molar-refractivity contribution in [2.45, 2.75) is 13.5 Å². The highest BCUT2D eigenvalue weighted by molar-refractivity contribution is 8.18. The zero-order chi connectivity index (χ0) is 24.1. The van der Waals surface area contributed by atoms with Gasteiger partial charge in [-0.3, -0.25) is 19.3 Å². The van der Waals surface area contributed by atoms with E-state index in [1.165, 1.54) is 6.07 Å². The molecule has 0 radical (unpaired) electrons. The molecule has 1 aliphatic rings. The molecule has 8 heteroatoms. The Bertz CT molecular complexity index is 1260. The van der Waals surface area contributed by atoms with Crippen LogP contribution in [0.1, 0.15) is 16.7 Å². The molecule has 0 unspecified atom stereocenters. The highest BCUT2D eigenvalue weighted by atomic mass is 32.2.